The van der Waals surface area contributed by atoms with E-state index >= 15 is 0 Å². The van der Waals surface area contributed by atoms with Gasteiger partial charge < -0.3 is 5.32 Å². The number of aromatic nitrogens is 2. The van der Waals surface area contributed by atoms with Gasteiger partial charge in [-0.15, -0.1) is 0 Å². The van der Waals surface area contributed by atoms with Gasteiger partial charge in [0.15, 0.2) is 5.69 Å². The van der Waals surface area contributed by atoms with Gasteiger partial charge in [0.05, 0.1) is 11.4 Å². The summed E-state index contributed by atoms with van der Waals surface area (Å²) in [5.74, 6) is -0.129. The molecule has 1 aliphatic rings. The van der Waals surface area contributed by atoms with Crippen LogP contribution in [0.3, 0.4) is 0 Å². The predicted octanol–water partition coefficient (Wildman–Crippen LogP) is 3.00. The van der Waals surface area contributed by atoms with E-state index in [1.165, 1.54) is 11.1 Å². The number of fused-ring (bicyclic) bond motifs is 3. The smallest absolute Gasteiger partial charge is 0.271 e. The maximum Gasteiger partial charge on any atom is 0.271 e. The molecule has 0 radical (unpaired) electrons. The molecule has 0 atom stereocenters. The number of carbonyl (C=O) groups excluding carboxylic acids is 1. The molecule has 0 fully saturated rings. The predicted molar refractivity (Wildman–Crippen MR) is 89.8 cm³/mol. The van der Waals surface area contributed by atoms with Crippen molar-refractivity contribution < 1.29 is 4.79 Å². The third kappa shape index (κ3) is 2.14. The molecule has 0 saturated carbocycles. The molecule has 4 nitrogen and oxygen atoms in total. The number of aryl methyl sites for hydroxylation is 1. The van der Waals surface area contributed by atoms with Crippen molar-refractivity contribution in [3.8, 4) is 16.9 Å². The first kappa shape index (κ1) is 13.8. The Morgan fingerprint density at radius 3 is 2.57 bits per heavy atom. The fraction of sp³-hybridized carbons (Fsp3) is 0.158. The van der Waals surface area contributed by atoms with Crippen LogP contribution in [0.5, 0.6) is 0 Å². The first-order valence-corrected chi connectivity index (χ1v) is 7.77. The zero-order valence-electron chi connectivity index (χ0n) is 12.9. The van der Waals surface area contributed by atoms with Gasteiger partial charge in [-0.1, -0.05) is 42.5 Å². The van der Waals surface area contributed by atoms with Crippen LogP contribution in [0.4, 0.5) is 0 Å². The van der Waals surface area contributed by atoms with Crippen LogP contribution < -0.4 is 5.32 Å². The van der Waals surface area contributed by atoms with Crippen molar-refractivity contribution in [1.82, 2.24) is 15.1 Å². The average Bonchev–Trinajstić information content (AvgIpc) is 3.02. The van der Waals surface area contributed by atoms with Gasteiger partial charge in [0.2, 0.25) is 0 Å². The van der Waals surface area contributed by atoms with Crippen LogP contribution in [-0.2, 0) is 12.8 Å². The number of hydrogen-bond donors (Lipinski definition) is 1. The summed E-state index contributed by atoms with van der Waals surface area (Å²) >= 11 is 0. The molecule has 2 aromatic carbocycles. The molecule has 114 valence electrons. The Labute approximate surface area is 134 Å². The molecule has 1 aliphatic carbocycles. The highest BCUT2D eigenvalue weighted by molar-refractivity contribution is 5.96. The van der Waals surface area contributed by atoms with Crippen LogP contribution in [0.25, 0.3) is 16.9 Å². The molecule has 4 heteroatoms. The van der Waals surface area contributed by atoms with Gasteiger partial charge in [-0.25, -0.2) is 4.68 Å². The topological polar surface area (TPSA) is 46.9 Å². The number of carbonyl (C=O) groups is 1. The van der Waals surface area contributed by atoms with Crippen molar-refractivity contribution in [3.63, 3.8) is 0 Å². The number of amides is 1. The summed E-state index contributed by atoms with van der Waals surface area (Å²) in [6.07, 6.45) is 1.77. The average molecular weight is 303 g/mol. The van der Waals surface area contributed by atoms with Gasteiger partial charge in [0.25, 0.3) is 5.91 Å². The number of rotatable bonds is 2. The maximum absolute atomic E-state index is 12.3. The second-order valence-electron chi connectivity index (χ2n) is 5.66. The molecule has 3 aromatic rings. The van der Waals surface area contributed by atoms with Gasteiger partial charge in [-0.05, 0) is 30.5 Å². The minimum atomic E-state index is -0.129. The monoisotopic (exact) mass is 303 g/mol. The summed E-state index contributed by atoms with van der Waals surface area (Å²) < 4.78 is 1.90. The minimum absolute atomic E-state index is 0.129. The van der Waals surface area contributed by atoms with E-state index in [0.29, 0.717) is 5.69 Å². The van der Waals surface area contributed by atoms with Crippen LogP contribution in [-0.4, -0.2) is 22.7 Å². The minimum Gasteiger partial charge on any atom is -0.354 e. The molecule has 23 heavy (non-hydrogen) atoms. The van der Waals surface area contributed by atoms with Crippen LogP contribution in [0.1, 0.15) is 21.6 Å². The maximum atomic E-state index is 12.3. The molecule has 1 heterocycles. The molecular formula is C19H17N3O. The summed E-state index contributed by atoms with van der Waals surface area (Å²) in [6.45, 7) is 0. The number of nitrogens with one attached hydrogen (secondary N) is 1. The first-order chi connectivity index (χ1) is 11.3. The van der Waals surface area contributed by atoms with Crippen LogP contribution >= 0.6 is 0 Å². The lowest BCUT2D eigenvalue weighted by atomic mass is 9.88. The molecule has 1 amide bonds. The summed E-state index contributed by atoms with van der Waals surface area (Å²) in [6, 6.07) is 18.3. The van der Waals surface area contributed by atoms with E-state index in [-0.39, 0.29) is 5.91 Å². The number of hydrogen-bond acceptors (Lipinski definition) is 2. The lowest BCUT2D eigenvalue weighted by molar-refractivity contribution is 0.0957. The standard InChI is InChI=1S/C19H17N3O/c1-20-19(23)17-16-12-11-13-7-5-6-10-15(13)18(16)22(21-17)14-8-3-2-4-9-14/h2-10H,11-12H2,1H3,(H,20,23). The van der Waals surface area contributed by atoms with Crippen molar-refractivity contribution in [2.45, 2.75) is 12.8 Å². The number of nitrogens with zero attached hydrogens (tertiary/aromatic N) is 2. The van der Waals surface area contributed by atoms with Gasteiger partial charge in [0.1, 0.15) is 0 Å². The van der Waals surface area contributed by atoms with E-state index in [1.54, 1.807) is 7.05 Å². The Bertz CT molecular complexity index is 881. The van der Waals surface area contributed by atoms with E-state index in [9.17, 15) is 4.79 Å². The second-order valence-corrected chi connectivity index (χ2v) is 5.66. The van der Waals surface area contributed by atoms with Crippen molar-refractivity contribution in [2.24, 2.45) is 0 Å². The number of para-hydroxylation sites is 1. The Morgan fingerprint density at radius 1 is 1.04 bits per heavy atom. The fourth-order valence-electron chi connectivity index (χ4n) is 3.25. The molecular weight excluding hydrogens is 286 g/mol. The molecule has 0 bridgehead atoms. The van der Waals surface area contributed by atoms with Crippen molar-refractivity contribution in [1.29, 1.82) is 0 Å². The Morgan fingerprint density at radius 2 is 1.78 bits per heavy atom. The van der Waals surface area contributed by atoms with E-state index in [0.717, 1.165) is 29.8 Å². The quantitative estimate of drug-likeness (QED) is 0.791. The van der Waals surface area contributed by atoms with E-state index in [4.69, 9.17) is 0 Å². The van der Waals surface area contributed by atoms with Gasteiger partial charge >= 0.3 is 0 Å². The molecule has 1 aromatic heterocycles. The normalized spacial score (nSPS) is 12.4. The summed E-state index contributed by atoms with van der Waals surface area (Å²) in [5, 5.41) is 7.34. The van der Waals surface area contributed by atoms with Crippen molar-refractivity contribution in [3.05, 3.63) is 71.4 Å². The highest BCUT2D eigenvalue weighted by Gasteiger charge is 2.28. The van der Waals surface area contributed by atoms with Crippen molar-refractivity contribution >= 4 is 5.91 Å². The largest absolute Gasteiger partial charge is 0.354 e. The Hall–Kier alpha value is -2.88. The second kappa shape index (κ2) is 5.39. The van der Waals surface area contributed by atoms with Gasteiger partial charge in [-0.2, -0.15) is 5.10 Å². The highest BCUT2D eigenvalue weighted by Crippen LogP contribution is 2.36. The third-order valence-corrected chi connectivity index (χ3v) is 4.34. The van der Waals surface area contributed by atoms with E-state index in [2.05, 4.69) is 28.6 Å². The zero-order valence-corrected chi connectivity index (χ0v) is 12.9. The van der Waals surface area contributed by atoms with Crippen LogP contribution in [0.15, 0.2) is 54.6 Å². The highest BCUT2D eigenvalue weighted by atomic mass is 16.1. The first-order valence-electron chi connectivity index (χ1n) is 7.77. The third-order valence-electron chi connectivity index (χ3n) is 4.34. The van der Waals surface area contributed by atoms with Gasteiger partial charge in [-0.3, -0.25) is 4.79 Å². The molecule has 4 rings (SSSR count). The lowest BCUT2D eigenvalue weighted by Crippen LogP contribution is -2.20. The van der Waals surface area contributed by atoms with Gasteiger partial charge in [0, 0.05) is 18.2 Å². The molecule has 0 aliphatic heterocycles. The SMILES string of the molecule is CNC(=O)c1nn(-c2ccccc2)c2c1CCc1ccccc1-2. The Balaban J connectivity index is 2.02. The summed E-state index contributed by atoms with van der Waals surface area (Å²) in [5.41, 5.74) is 6.04. The fourth-order valence-corrected chi connectivity index (χ4v) is 3.25. The molecule has 1 N–H and O–H groups in total. The zero-order chi connectivity index (χ0) is 15.8. The summed E-state index contributed by atoms with van der Waals surface area (Å²) in [4.78, 5) is 12.3. The molecule has 0 unspecified atom stereocenters. The lowest BCUT2D eigenvalue weighted by Gasteiger charge is -2.18. The van der Waals surface area contributed by atoms with Crippen LogP contribution in [0, 0.1) is 0 Å². The number of benzene rings is 2. The van der Waals surface area contributed by atoms with Crippen LogP contribution in [0.2, 0.25) is 0 Å². The Kier molecular flexibility index (Phi) is 3.23. The molecule has 0 spiro atoms. The summed E-state index contributed by atoms with van der Waals surface area (Å²) in [7, 11) is 1.65. The van der Waals surface area contributed by atoms with E-state index in [1.807, 2.05) is 41.1 Å². The van der Waals surface area contributed by atoms with E-state index < -0.39 is 0 Å². The molecule has 0 saturated heterocycles. The van der Waals surface area contributed by atoms with Crippen molar-refractivity contribution in [2.75, 3.05) is 7.05 Å².